The Hall–Kier alpha value is -1.69. The zero-order valence-electron chi connectivity index (χ0n) is 12.5. The molecule has 0 N–H and O–H groups in total. The quantitative estimate of drug-likeness (QED) is 0.834. The fourth-order valence-electron chi connectivity index (χ4n) is 2.98. The molecule has 3 nitrogen and oxygen atoms in total. The highest BCUT2D eigenvalue weighted by Crippen LogP contribution is 2.66. The van der Waals surface area contributed by atoms with Gasteiger partial charge < -0.3 is 9.47 Å². The summed E-state index contributed by atoms with van der Waals surface area (Å²) in [6.07, 6.45) is 0.860. The zero-order valence-corrected chi connectivity index (χ0v) is 12.5. The van der Waals surface area contributed by atoms with Crippen molar-refractivity contribution in [2.24, 2.45) is 5.41 Å². The van der Waals surface area contributed by atoms with E-state index >= 15 is 0 Å². The Morgan fingerprint density at radius 1 is 1.16 bits per heavy atom. The van der Waals surface area contributed by atoms with Crippen LogP contribution in [0.1, 0.15) is 37.0 Å². The molecule has 0 aliphatic heterocycles. The normalized spacial score (nSPS) is 23.6. The van der Waals surface area contributed by atoms with E-state index in [0.29, 0.717) is 0 Å². The lowest BCUT2D eigenvalue weighted by Crippen LogP contribution is -2.14. The van der Waals surface area contributed by atoms with Gasteiger partial charge >= 0.3 is 0 Å². The van der Waals surface area contributed by atoms with E-state index in [1.54, 1.807) is 14.2 Å². The summed E-state index contributed by atoms with van der Waals surface area (Å²) in [5, 5.41) is 9.64. The summed E-state index contributed by atoms with van der Waals surface area (Å²) in [5.74, 6) is 1.65. The molecule has 102 valence electrons. The molecule has 2 rings (SSSR count). The molecule has 0 bridgehead atoms. The first-order chi connectivity index (χ1) is 8.84. The molecule has 0 heterocycles. The molecule has 19 heavy (non-hydrogen) atoms. The molecule has 1 aliphatic rings. The molecular weight excluding hydrogens is 238 g/mol. The lowest BCUT2D eigenvalue weighted by Gasteiger charge is -2.21. The van der Waals surface area contributed by atoms with Crippen LogP contribution in [-0.2, 0) is 5.41 Å². The monoisotopic (exact) mass is 259 g/mol. The van der Waals surface area contributed by atoms with Crippen LogP contribution in [0.15, 0.2) is 6.07 Å². The van der Waals surface area contributed by atoms with Gasteiger partial charge in [-0.1, -0.05) is 13.8 Å². The predicted molar refractivity (Wildman–Crippen MR) is 74.7 cm³/mol. The molecule has 3 heteroatoms. The Kier molecular flexibility index (Phi) is 3.01. The SMILES string of the molecule is COc1cc(C2(C#N)CC2(C)C)c(OC)c(C)c1C. The maximum absolute atomic E-state index is 9.64. The second-order valence-corrected chi connectivity index (χ2v) is 5.99. The van der Waals surface area contributed by atoms with E-state index in [4.69, 9.17) is 9.47 Å². The zero-order chi connectivity index (χ0) is 14.4. The third-order valence-electron chi connectivity index (χ3n) is 4.60. The first kappa shape index (κ1) is 13.7. The van der Waals surface area contributed by atoms with Crippen LogP contribution in [0.4, 0.5) is 0 Å². The number of nitrogens with zero attached hydrogens (tertiary/aromatic N) is 1. The fraction of sp³-hybridized carbons (Fsp3) is 0.562. The van der Waals surface area contributed by atoms with E-state index in [-0.39, 0.29) is 5.41 Å². The summed E-state index contributed by atoms with van der Waals surface area (Å²) in [6, 6.07) is 4.47. The van der Waals surface area contributed by atoms with E-state index in [2.05, 4.69) is 19.9 Å². The van der Waals surface area contributed by atoms with Crippen molar-refractivity contribution >= 4 is 0 Å². The smallest absolute Gasteiger partial charge is 0.127 e. The van der Waals surface area contributed by atoms with Crippen molar-refractivity contribution in [2.45, 2.75) is 39.5 Å². The molecule has 0 spiro atoms. The number of ether oxygens (including phenoxy) is 2. The third kappa shape index (κ3) is 1.70. The second-order valence-electron chi connectivity index (χ2n) is 5.99. The summed E-state index contributed by atoms with van der Waals surface area (Å²) in [7, 11) is 3.33. The lowest BCUT2D eigenvalue weighted by atomic mass is 9.86. The molecule has 0 amide bonds. The standard InChI is InChI=1S/C16H21NO2/c1-10-11(2)14(19-6)12(7-13(10)18-5)16(9-17)8-15(16,3)4/h7H,8H2,1-6H3. The second kappa shape index (κ2) is 4.16. The van der Waals surface area contributed by atoms with Crippen molar-refractivity contribution in [3.05, 3.63) is 22.8 Å². The van der Waals surface area contributed by atoms with Crippen LogP contribution < -0.4 is 9.47 Å². The molecule has 1 saturated carbocycles. The van der Waals surface area contributed by atoms with Crippen molar-refractivity contribution in [2.75, 3.05) is 14.2 Å². The number of hydrogen-bond donors (Lipinski definition) is 0. The van der Waals surface area contributed by atoms with Gasteiger partial charge in [0.1, 0.15) is 11.5 Å². The lowest BCUT2D eigenvalue weighted by molar-refractivity contribution is 0.388. The van der Waals surface area contributed by atoms with Crippen molar-refractivity contribution < 1.29 is 9.47 Å². The van der Waals surface area contributed by atoms with Crippen molar-refractivity contribution in [1.82, 2.24) is 0 Å². The number of rotatable bonds is 3. The summed E-state index contributed by atoms with van der Waals surface area (Å²) < 4.78 is 11.0. The number of methoxy groups -OCH3 is 2. The minimum absolute atomic E-state index is 0.0122. The van der Waals surface area contributed by atoms with Crippen LogP contribution in [0.2, 0.25) is 0 Å². The Morgan fingerprint density at radius 2 is 1.74 bits per heavy atom. The van der Waals surface area contributed by atoms with Gasteiger partial charge in [0.05, 0.1) is 25.7 Å². The van der Waals surface area contributed by atoms with Crippen LogP contribution in [0.5, 0.6) is 11.5 Å². The van der Waals surface area contributed by atoms with Crippen molar-refractivity contribution in [1.29, 1.82) is 5.26 Å². The van der Waals surface area contributed by atoms with E-state index < -0.39 is 5.41 Å². The van der Waals surface area contributed by atoms with Crippen LogP contribution in [0.25, 0.3) is 0 Å². The molecule has 1 aromatic carbocycles. The van der Waals surface area contributed by atoms with E-state index in [9.17, 15) is 5.26 Å². The maximum Gasteiger partial charge on any atom is 0.127 e. The van der Waals surface area contributed by atoms with Crippen molar-refractivity contribution in [3.8, 4) is 17.6 Å². The minimum atomic E-state index is -0.454. The first-order valence-corrected chi connectivity index (χ1v) is 6.48. The molecule has 1 unspecified atom stereocenters. The van der Waals surface area contributed by atoms with Gasteiger partial charge in [0, 0.05) is 5.56 Å². The molecule has 0 radical (unpaired) electrons. The summed E-state index contributed by atoms with van der Waals surface area (Å²) in [6.45, 7) is 8.27. The van der Waals surface area contributed by atoms with Gasteiger partial charge in [-0.3, -0.25) is 0 Å². The molecule has 0 aromatic heterocycles. The van der Waals surface area contributed by atoms with Gasteiger partial charge in [0.25, 0.3) is 0 Å². The highest BCUT2D eigenvalue weighted by molar-refractivity contribution is 5.60. The summed E-state index contributed by atoms with van der Waals surface area (Å²) in [4.78, 5) is 0. The first-order valence-electron chi connectivity index (χ1n) is 6.48. The Bertz CT molecular complexity index is 569. The largest absolute Gasteiger partial charge is 0.496 e. The van der Waals surface area contributed by atoms with Gasteiger partial charge in [-0.15, -0.1) is 0 Å². The molecule has 1 atom stereocenters. The third-order valence-corrected chi connectivity index (χ3v) is 4.60. The van der Waals surface area contributed by atoms with E-state index in [1.807, 2.05) is 19.9 Å². The average molecular weight is 259 g/mol. The summed E-state index contributed by atoms with van der Waals surface area (Å²) in [5.41, 5.74) is 2.61. The number of benzene rings is 1. The molecule has 0 saturated heterocycles. The Labute approximate surface area is 115 Å². The molecule has 1 fully saturated rings. The average Bonchev–Trinajstić information content (AvgIpc) is 2.95. The Morgan fingerprint density at radius 3 is 2.11 bits per heavy atom. The van der Waals surface area contributed by atoms with Gasteiger partial charge in [0.15, 0.2) is 0 Å². The van der Waals surface area contributed by atoms with Gasteiger partial charge in [-0.25, -0.2) is 0 Å². The van der Waals surface area contributed by atoms with Crippen molar-refractivity contribution in [3.63, 3.8) is 0 Å². The summed E-state index contributed by atoms with van der Waals surface area (Å²) >= 11 is 0. The molecule has 1 aromatic rings. The highest BCUT2D eigenvalue weighted by atomic mass is 16.5. The minimum Gasteiger partial charge on any atom is -0.496 e. The number of nitriles is 1. The van der Waals surface area contributed by atoms with E-state index in [0.717, 1.165) is 34.6 Å². The van der Waals surface area contributed by atoms with Crippen LogP contribution in [0.3, 0.4) is 0 Å². The number of hydrogen-bond acceptors (Lipinski definition) is 3. The highest BCUT2D eigenvalue weighted by Gasteiger charge is 2.64. The predicted octanol–water partition coefficient (Wildman–Crippen LogP) is 3.51. The van der Waals surface area contributed by atoms with Gasteiger partial charge in [0.2, 0.25) is 0 Å². The van der Waals surface area contributed by atoms with Crippen LogP contribution >= 0.6 is 0 Å². The van der Waals surface area contributed by atoms with Gasteiger partial charge in [-0.05, 0) is 42.9 Å². The van der Waals surface area contributed by atoms with Gasteiger partial charge in [-0.2, -0.15) is 5.26 Å². The maximum atomic E-state index is 9.64. The van der Waals surface area contributed by atoms with Crippen LogP contribution in [0, 0.1) is 30.6 Å². The fourth-order valence-corrected chi connectivity index (χ4v) is 2.98. The van der Waals surface area contributed by atoms with E-state index in [1.165, 1.54) is 0 Å². The molecule has 1 aliphatic carbocycles. The topological polar surface area (TPSA) is 42.2 Å². The Balaban J connectivity index is 2.71. The van der Waals surface area contributed by atoms with Crippen LogP contribution in [-0.4, -0.2) is 14.2 Å². The molecular formula is C16H21NO2.